The average molecular weight is 677 g/mol. The van der Waals surface area contributed by atoms with Crippen LogP contribution in [0.5, 0.6) is 0 Å². The SMILES string of the molecule is CC(=O)N[C@H]1[C@H]([C@H](O)[C@H](O)CO)O[C@@](O[C@H]2[C@@H](O)[C@@H](CO)O[C@@H](O[C@H]([C@H](O)[C@H](CO)NC(C)=O)[C@H](O)CO)[C@@H]2O)(C(=O)O)C[C@@H]1O. The van der Waals surface area contributed by atoms with Gasteiger partial charge in [0.15, 0.2) is 6.29 Å². The standard InChI is InChI=1S/C25H44N2O19/c1-8(32)26-10(4-28)16(37)20(13(36)6-30)44-23-19(40)22(18(39)14(7-31)43-23)46-25(24(41)42)3-11(34)15(27-9(2)33)21(45-25)17(38)12(35)5-29/h10-23,28-31,34-40H,3-7H2,1-2H3,(H,26,32)(H,27,33)(H,41,42)/t10-,11-,12+,13+,14+,15+,16+,17+,18-,19+,20-,21+,22-,23-,25-/m0/s1. The number of rotatable bonds is 16. The van der Waals surface area contributed by atoms with Gasteiger partial charge in [-0.15, -0.1) is 0 Å². The van der Waals surface area contributed by atoms with Crippen molar-refractivity contribution >= 4 is 17.8 Å². The highest BCUT2D eigenvalue weighted by atomic mass is 16.8. The van der Waals surface area contributed by atoms with Crippen molar-refractivity contribution < 1.29 is 94.6 Å². The molecule has 46 heavy (non-hydrogen) atoms. The molecule has 15 atom stereocenters. The average Bonchev–Trinajstić information content (AvgIpc) is 3.00. The number of carbonyl (C=O) groups excluding carboxylic acids is 2. The third-order valence-electron chi connectivity index (χ3n) is 7.53. The van der Waals surface area contributed by atoms with Crippen molar-refractivity contribution in [2.75, 3.05) is 26.4 Å². The Labute approximate surface area is 261 Å². The van der Waals surface area contributed by atoms with Crippen molar-refractivity contribution in [3.63, 3.8) is 0 Å². The van der Waals surface area contributed by atoms with Gasteiger partial charge in [0.1, 0.15) is 61.0 Å². The molecule has 2 fully saturated rings. The summed E-state index contributed by atoms with van der Waals surface area (Å²) in [6.45, 7) is -1.98. The van der Waals surface area contributed by atoms with Gasteiger partial charge in [0.2, 0.25) is 11.8 Å². The molecule has 0 aliphatic carbocycles. The molecule has 2 amide bonds. The monoisotopic (exact) mass is 676 g/mol. The Morgan fingerprint density at radius 1 is 0.913 bits per heavy atom. The number of aliphatic hydroxyl groups is 11. The third-order valence-corrected chi connectivity index (χ3v) is 7.53. The van der Waals surface area contributed by atoms with Gasteiger partial charge >= 0.3 is 5.97 Å². The normalized spacial score (nSPS) is 35.7. The Bertz CT molecular complexity index is 1010. The number of carboxylic acids is 1. The lowest BCUT2D eigenvalue weighted by Gasteiger charge is -2.50. The van der Waals surface area contributed by atoms with E-state index in [1.807, 2.05) is 0 Å². The lowest BCUT2D eigenvalue weighted by atomic mass is 9.88. The number of aliphatic carboxylic acids is 1. The maximum atomic E-state index is 12.6. The van der Waals surface area contributed by atoms with Crippen molar-refractivity contribution in [1.29, 1.82) is 0 Å². The molecule has 21 heteroatoms. The van der Waals surface area contributed by atoms with E-state index in [-0.39, 0.29) is 0 Å². The summed E-state index contributed by atoms with van der Waals surface area (Å²) in [6.07, 6.45) is -25.3. The zero-order valence-corrected chi connectivity index (χ0v) is 24.8. The number of hydrogen-bond donors (Lipinski definition) is 14. The molecule has 2 aliphatic heterocycles. The Balaban J connectivity index is 2.50. The van der Waals surface area contributed by atoms with E-state index in [1.165, 1.54) is 0 Å². The predicted octanol–water partition coefficient (Wildman–Crippen LogP) is -8.44. The topological polar surface area (TPSA) is 355 Å². The van der Waals surface area contributed by atoms with Gasteiger partial charge in [0, 0.05) is 20.3 Å². The fraction of sp³-hybridized carbons (Fsp3) is 0.880. The number of amides is 2. The number of hydrogen-bond acceptors (Lipinski definition) is 18. The molecule has 14 N–H and O–H groups in total. The fourth-order valence-electron chi connectivity index (χ4n) is 5.16. The van der Waals surface area contributed by atoms with Gasteiger partial charge in [-0.2, -0.15) is 0 Å². The first kappa shape index (κ1) is 40.0. The molecular formula is C25H44N2O19. The number of nitrogens with one attached hydrogen (secondary N) is 2. The van der Waals surface area contributed by atoms with E-state index in [2.05, 4.69) is 10.6 Å². The fourth-order valence-corrected chi connectivity index (χ4v) is 5.16. The number of ether oxygens (including phenoxy) is 4. The summed E-state index contributed by atoms with van der Waals surface area (Å²) in [4.78, 5) is 35.9. The number of aliphatic hydroxyl groups excluding tert-OH is 11. The molecule has 0 aromatic rings. The van der Waals surface area contributed by atoms with Crippen LogP contribution in [-0.4, -0.2) is 197 Å². The van der Waals surface area contributed by atoms with Gasteiger partial charge in [-0.25, -0.2) is 4.79 Å². The lowest BCUT2D eigenvalue weighted by molar-refractivity contribution is -0.376. The van der Waals surface area contributed by atoms with Crippen LogP contribution in [0.3, 0.4) is 0 Å². The van der Waals surface area contributed by atoms with Gasteiger partial charge < -0.3 is 90.9 Å². The summed E-state index contributed by atoms with van der Waals surface area (Å²) >= 11 is 0. The van der Waals surface area contributed by atoms with E-state index in [4.69, 9.17) is 18.9 Å². The second-order valence-electron chi connectivity index (χ2n) is 11.0. The first-order valence-electron chi connectivity index (χ1n) is 14.1. The maximum Gasteiger partial charge on any atom is 0.364 e. The van der Waals surface area contributed by atoms with Crippen LogP contribution in [0.4, 0.5) is 0 Å². The number of carboxylic acid groups (broad SMARTS) is 1. The Morgan fingerprint density at radius 2 is 1.52 bits per heavy atom. The van der Waals surface area contributed by atoms with Crippen molar-refractivity contribution in [2.24, 2.45) is 0 Å². The van der Waals surface area contributed by atoms with Crippen LogP contribution in [0.1, 0.15) is 20.3 Å². The minimum absolute atomic E-state index is 0.717. The lowest BCUT2D eigenvalue weighted by Crippen LogP contribution is -2.70. The minimum Gasteiger partial charge on any atom is -0.477 e. The van der Waals surface area contributed by atoms with E-state index >= 15 is 0 Å². The van der Waals surface area contributed by atoms with Crippen LogP contribution in [0.25, 0.3) is 0 Å². The third kappa shape index (κ3) is 9.24. The Hall–Kier alpha value is -2.19. The molecule has 0 radical (unpaired) electrons. The Kier molecular flexibility index (Phi) is 15.0. The van der Waals surface area contributed by atoms with Gasteiger partial charge in [-0.3, -0.25) is 9.59 Å². The summed E-state index contributed by atoms with van der Waals surface area (Å²) in [7, 11) is 0. The van der Waals surface area contributed by atoms with Gasteiger partial charge in [0.25, 0.3) is 5.79 Å². The smallest absolute Gasteiger partial charge is 0.364 e. The predicted molar refractivity (Wildman–Crippen MR) is 144 cm³/mol. The second kappa shape index (κ2) is 17.3. The van der Waals surface area contributed by atoms with Gasteiger partial charge in [-0.05, 0) is 0 Å². The van der Waals surface area contributed by atoms with E-state index in [0.29, 0.717) is 0 Å². The van der Waals surface area contributed by atoms with Crippen LogP contribution < -0.4 is 10.6 Å². The molecule has 2 heterocycles. The largest absolute Gasteiger partial charge is 0.477 e. The summed E-state index contributed by atoms with van der Waals surface area (Å²) in [6, 6.07) is -3.06. The van der Waals surface area contributed by atoms with E-state index in [0.717, 1.165) is 13.8 Å². The van der Waals surface area contributed by atoms with Crippen molar-refractivity contribution in [3.05, 3.63) is 0 Å². The minimum atomic E-state index is -3.07. The molecule has 0 spiro atoms. The molecular weight excluding hydrogens is 632 g/mol. The van der Waals surface area contributed by atoms with Gasteiger partial charge in [-0.1, -0.05) is 0 Å². The molecule has 0 unspecified atom stereocenters. The summed E-state index contributed by atoms with van der Waals surface area (Å²) < 4.78 is 21.9. The molecule has 2 aliphatic rings. The highest BCUT2D eigenvalue weighted by Gasteiger charge is 2.59. The maximum absolute atomic E-state index is 12.6. The zero-order valence-electron chi connectivity index (χ0n) is 24.8. The summed E-state index contributed by atoms with van der Waals surface area (Å²) in [5.41, 5.74) is 0. The van der Waals surface area contributed by atoms with Crippen LogP contribution in [0, 0.1) is 0 Å². The quantitative estimate of drug-likeness (QED) is 0.0721. The first-order valence-corrected chi connectivity index (χ1v) is 14.1. The van der Waals surface area contributed by atoms with Crippen molar-refractivity contribution in [2.45, 2.75) is 112 Å². The van der Waals surface area contributed by atoms with Gasteiger partial charge in [0.05, 0.1) is 44.6 Å². The highest BCUT2D eigenvalue weighted by Crippen LogP contribution is 2.37. The molecule has 2 saturated heterocycles. The molecule has 268 valence electrons. The van der Waals surface area contributed by atoms with E-state index < -0.39 is 142 Å². The highest BCUT2D eigenvalue weighted by molar-refractivity contribution is 5.76. The molecule has 21 nitrogen and oxygen atoms in total. The molecule has 0 aromatic carbocycles. The van der Waals surface area contributed by atoms with Crippen molar-refractivity contribution in [3.8, 4) is 0 Å². The zero-order chi connectivity index (χ0) is 35.1. The second-order valence-corrected chi connectivity index (χ2v) is 11.0. The van der Waals surface area contributed by atoms with Crippen LogP contribution in [0.15, 0.2) is 0 Å². The number of carbonyl (C=O) groups is 3. The summed E-state index contributed by atoms with van der Waals surface area (Å²) in [5.74, 6) is -6.55. The summed E-state index contributed by atoms with van der Waals surface area (Å²) in [5, 5.41) is 128. The molecule has 2 rings (SSSR count). The molecule has 0 aromatic heterocycles. The Morgan fingerprint density at radius 3 is 2.00 bits per heavy atom. The molecule has 0 saturated carbocycles. The van der Waals surface area contributed by atoms with Crippen LogP contribution in [-0.2, 0) is 33.3 Å². The van der Waals surface area contributed by atoms with Crippen LogP contribution in [0.2, 0.25) is 0 Å². The molecule has 0 bridgehead atoms. The first-order chi connectivity index (χ1) is 21.5. The van der Waals surface area contributed by atoms with Crippen LogP contribution >= 0.6 is 0 Å². The van der Waals surface area contributed by atoms with Crippen molar-refractivity contribution in [1.82, 2.24) is 10.6 Å². The van der Waals surface area contributed by atoms with E-state index in [9.17, 15) is 75.7 Å². The van der Waals surface area contributed by atoms with E-state index in [1.54, 1.807) is 0 Å².